The zero-order chi connectivity index (χ0) is 21.2. The molecule has 5 nitrogen and oxygen atoms in total. The molecule has 0 spiro atoms. The molecule has 0 saturated carbocycles. The lowest BCUT2D eigenvalue weighted by atomic mass is 10.1. The van der Waals surface area contributed by atoms with E-state index in [0.29, 0.717) is 23.9 Å². The van der Waals surface area contributed by atoms with Crippen LogP contribution in [0, 0.1) is 0 Å². The molecule has 1 N–H and O–H groups in total. The largest absolute Gasteiger partial charge is 0.497 e. The second-order valence-corrected chi connectivity index (χ2v) is 7.43. The Morgan fingerprint density at radius 1 is 1.14 bits per heavy atom. The van der Waals surface area contributed by atoms with Crippen molar-refractivity contribution in [2.75, 3.05) is 13.7 Å². The first-order valence-corrected chi connectivity index (χ1v) is 10.3. The van der Waals surface area contributed by atoms with Gasteiger partial charge in [0, 0.05) is 18.1 Å². The summed E-state index contributed by atoms with van der Waals surface area (Å²) < 4.78 is 5.28. The highest BCUT2D eigenvalue weighted by molar-refractivity contribution is 6.30. The lowest BCUT2D eigenvalue weighted by Crippen LogP contribution is -2.48. The molecule has 0 unspecified atom stereocenters. The monoisotopic (exact) mass is 416 g/mol. The molecule has 29 heavy (non-hydrogen) atoms. The highest BCUT2D eigenvalue weighted by Crippen LogP contribution is 2.18. The Labute approximate surface area is 178 Å². The molecule has 156 valence electrons. The summed E-state index contributed by atoms with van der Waals surface area (Å²) in [5, 5.41) is 3.55. The molecule has 0 aliphatic rings. The number of hydrogen-bond acceptors (Lipinski definition) is 3. The fraction of sp³-hybridized carbons (Fsp3) is 0.391. The van der Waals surface area contributed by atoms with Crippen LogP contribution in [-0.4, -0.2) is 36.4 Å². The number of nitrogens with one attached hydrogen (secondary N) is 1. The molecule has 2 amide bonds. The minimum Gasteiger partial charge on any atom is -0.497 e. The van der Waals surface area contributed by atoms with Gasteiger partial charge in [0.25, 0.3) is 0 Å². The van der Waals surface area contributed by atoms with E-state index < -0.39 is 6.04 Å². The maximum atomic E-state index is 13.1. The third kappa shape index (κ3) is 7.09. The van der Waals surface area contributed by atoms with E-state index in [4.69, 9.17) is 16.3 Å². The predicted molar refractivity (Wildman–Crippen MR) is 116 cm³/mol. The second-order valence-electron chi connectivity index (χ2n) is 7.00. The van der Waals surface area contributed by atoms with Gasteiger partial charge < -0.3 is 15.0 Å². The summed E-state index contributed by atoms with van der Waals surface area (Å²) in [6.07, 6.45) is 2.11. The Morgan fingerprint density at radius 3 is 2.52 bits per heavy atom. The standard InChI is InChI=1S/C23H29ClN2O3/c1-4-5-13-25-23(28)17(2)26(16-19-7-6-8-21(14-19)29-3)22(27)15-18-9-11-20(24)12-10-18/h6-12,14,17H,4-5,13,15-16H2,1-3H3,(H,25,28)/t17-/m1/s1. The van der Waals surface area contributed by atoms with Crippen LogP contribution in [0.1, 0.15) is 37.8 Å². The molecule has 0 aromatic heterocycles. The van der Waals surface area contributed by atoms with Gasteiger partial charge in [-0.3, -0.25) is 9.59 Å². The first-order valence-electron chi connectivity index (χ1n) is 9.89. The van der Waals surface area contributed by atoms with E-state index in [9.17, 15) is 9.59 Å². The van der Waals surface area contributed by atoms with Crippen molar-refractivity contribution in [2.24, 2.45) is 0 Å². The van der Waals surface area contributed by atoms with Gasteiger partial charge in [0.05, 0.1) is 13.5 Å². The third-order valence-electron chi connectivity index (χ3n) is 4.75. The molecule has 0 saturated heterocycles. The van der Waals surface area contributed by atoms with Gasteiger partial charge in [-0.2, -0.15) is 0 Å². The van der Waals surface area contributed by atoms with Crippen molar-refractivity contribution in [1.29, 1.82) is 0 Å². The normalized spacial score (nSPS) is 11.6. The van der Waals surface area contributed by atoms with E-state index in [1.807, 2.05) is 36.4 Å². The molecule has 6 heteroatoms. The number of carbonyl (C=O) groups is 2. The van der Waals surface area contributed by atoms with Crippen LogP contribution in [0.3, 0.4) is 0 Å². The summed E-state index contributed by atoms with van der Waals surface area (Å²) in [6, 6.07) is 14.1. The average molecular weight is 417 g/mol. The highest BCUT2D eigenvalue weighted by atomic mass is 35.5. The summed E-state index contributed by atoms with van der Waals surface area (Å²) in [5.74, 6) is 0.451. The summed E-state index contributed by atoms with van der Waals surface area (Å²) >= 11 is 5.94. The predicted octanol–water partition coefficient (Wildman–Crippen LogP) is 4.22. The summed E-state index contributed by atoms with van der Waals surface area (Å²) in [5.41, 5.74) is 1.76. The molecular formula is C23H29ClN2O3. The molecule has 0 aliphatic carbocycles. The number of ether oxygens (including phenoxy) is 1. The van der Waals surface area contributed by atoms with Crippen LogP contribution in [0.2, 0.25) is 5.02 Å². The van der Waals surface area contributed by atoms with Crippen LogP contribution in [0.15, 0.2) is 48.5 Å². The average Bonchev–Trinajstić information content (AvgIpc) is 2.73. The number of nitrogens with zero attached hydrogens (tertiary/aromatic N) is 1. The third-order valence-corrected chi connectivity index (χ3v) is 5.00. The molecule has 0 aliphatic heterocycles. The molecule has 0 bridgehead atoms. The second kappa shape index (κ2) is 11.5. The van der Waals surface area contributed by atoms with Crippen LogP contribution < -0.4 is 10.1 Å². The zero-order valence-electron chi connectivity index (χ0n) is 17.3. The lowest BCUT2D eigenvalue weighted by Gasteiger charge is -2.29. The van der Waals surface area contributed by atoms with E-state index in [0.717, 1.165) is 24.0 Å². The van der Waals surface area contributed by atoms with Gasteiger partial charge in [-0.1, -0.05) is 49.2 Å². The zero-order valence-corrected chi connectivity index (χ0v) is 18.0. The van der Waals surface area contributed by atoms with E-state index in [2.05, 4.69) is 12.2 Å². The van der Waals surface area contributed by atoms with Crippen LogP contribution in [-0.2, 0) is 22.6 Å². The SMILES string of the molecule is CCCCNC(=O)[C@@H](C)N(Cc1cccc(OC)c1)C(=O)Cc1ccc(Cl)cc1. The lowest BCUT2D eigenvalue weighted by molar-refractivity contribution is -0.140. The highest BCUT2D eigenvalue weighted by Gasteiger charge is 2.26. The Hall–Kier alpha value is -2.53. The number of benzene rings is 2. The van der Waals surface area contributed by atoms with Crippen LogP contribution in [0.25, 0.3) is 0 Å². The maximum Gasteiger partial charge on any atom is 0.242 e. The number of methoxy groups -OCH3 is 1. The summed E-state index contributed by atoms with van der Waals surface area (Å²) in [7, 11) is 1.60. The van der Waals surface area contributed by atoms with Crippen molar-refractivity contribution in [1.82, 2.24) is 10.2 Å². The minimum atomic E-state index is -0.585. The number of halogens is 1. The quantitative estimate of drug-likeness (QED) is 0.590. The van der Waals surface area contributed by atoms with Gasteiger partial charge in [0.15, 0.2) is 0 Å². The first-order chi connectivity index (χ1) is 13.9. The molecule has 0 heterocycles. The van der Waals surface area contributed by atoms with Crippen molar-refractivity contribution in [3.8, 4) is 5.75 Å². The van der Waals surface area contributed by atoms with E-state index in [1.165, 1.54) is 0 Å². The van der Waals surface area contributed by atoms with E-state index in [1.54, 1.807) is 31.1 Å². The molecule has 2 aromatic rings. The van der Waals surface area contributed by atoms with E-state index >= 15 is 0 Å². The number of unbranched alkanes of at least 4 members (excludes halogenated alkanes) is 1. The fourth-order valence-corrected chi connectivity index (χ4v) is 3.09. The van der Waals surface area contributed by atoms with Crippen LogP contribution in [0.4, 0.5) is 0 Å². The summed E-state index contributed by atoms with van der Waals surface area (Å²) in [4.78, 5) is 27.4. The van der Waals surface area contributed by atoms with Gasteiger partial charge in [0.1, 0.15) is 11.8 Å². The number of hydrogen-bond donors (Lipinski definition) is 1. The van der Waals surface area contributed by atoms with Crippen molar-refractivity contribution >= 4 is 23.4 Å². The Bertz CT molecular complexity index is 808. The molecule has 2 rings (SSSR count). The topological polar surface area (TPSA) is 58.6 Å². The van der Waals surface area contributed by atoms with Gasteiger partial charge in [-0.15, -0.1) is 0 Å². The van der Waals surface area contributed by atoms with Crippen molar-refractivity contribution in [3.05, 3.63) is 64.7 Å². The van der Waals surface area contributed by atoms with Gasteiger partial charge in [0.2, 0.25) is 11.8 Å². The Morgan fingerprint density at radius 2 is 1.86 bits per heavy atom. The molecule has 0 radical (unpaired) electrons. The van der Waals surface area contributed by atoms with Crippen molar-refractivity contribution < 1.29 is 14.3 Å². The molecular weight excluding hydrogens is 388 g/mol. The van der Waals surface area contributed by atoms with Gasteiger partial charge in [-0.05, 0) is 48.7 Å². The summed E-state index contributed by atoms with van der Waals surface area (Å²) in [6.45, 7) is 4.77. The first kappa shape index (κ1) is 22.8. The Kier molecular flexibility index (Phi) is 9.00. The molecule has 1 atom stereocenters. The fourth-order valence-electron chi connectivity index (χ4n) is 2.96. The van der Waals surface area contributed by atoms with Crippen molar-refractivity contribution in [2.45, 2.75) is 45.7 Å². The minimum absolute atomic E-state index is 0.117. The molecule has 2 aromatic carbocycles. The molecule has 0 fully saturated rings. The van der Waals surface area contributed by atoms with Crippen LogP contribution in [0.5, 0.6) is 5.75 Å². The van der Waals surface area contributed by atoms with Crippen molar-refractivity contribution in [3.63, 3.8) is 0 Å². The number of amides is 2. The smallest absolute Gasteiger partial charge is 0.242 e. The number of rotatable bonds is 10. The Balaban J connectivity index is 2.19. The van der Waals surface area contributed by atoms with Gasteiger partial charge in [-0.25, -0.2) is 0 Å². The van der Waals surface area contributed by atoms with Gasteiger partial charge >= 0.3 is 0 Å². The maximum absolute atomic E-state index is 13.1. The van der Waals surface area contributed by atoms with E-state index in [-0.39, 0.29) is 18.2 Å². The number of carbonyl (C=O) groups excluding carboxylic acids is 2. The van der Waals surface area contributed by atoms with Crippen LogP contribution >= 0.6 is 11.6 Å².